The van der Waals surface area contributed by atoms with E-state index < -0.39 is 0 Å². The third-order valence-electron chi connectivity index (χ3n) is 6.39. The van der Waals surface area contributed by atoms with E-state index in [0.717, 1.165) is 63.6 Å². The number of imidazole rings is 1. The molecule has 0 radical (unpaired) electrons. The van der Waals surface area contributed by atoms with Crippen molar-refractivity contribution in [3.05, 3.63) is 77.7 Å². The summed E-state index contributed by atoms with van der Waals surface area (Å²) in [4.78, 5) is 23.2. The summed E-state index contributed by atoms with van der Waals surface area (Å²) in [5.74, 6) is 2.29. The first-order valence-electron chi connectivity index (χ1n) is 10.9. The predicted octanol–water partition coefficient (Wildman–Crippen LogP) is 4.37. The third-order valence-corrected chi connectivity index (χ3v) is 6.39. The fraction of sp³-hybridized carbons (Fsp3) is 0.240. The molecule has 0 saturated heterocycles. The monoisotopic (exact) mass is 421 g/mol. The van der Waals surface area contributed by atoms with Crippen molar-refractivity contribution in [2.75, 3.05) is 6.54 Å². The van der Waals surface area contributed by atoms with Crippen LogP contribution in [0.2, 0.25) is 0 Å². The van der Waals surface area contributed by atoms with Gasteiger partial charge in [0.2, 0.25) is 0 Å². The molecule has 0 amide bonds. The molecular weight excluding hydrogens is 398 g/mol. The molecule has 1 N–H and O–H groups in total. The average molecular weight is 422 g/mol. The molecule has 158 valence electrons. The third kappa shape index (κ3) is 3.00. The molecule has 4 heterocycles. The maximum Gasteiger partial charge on any atom is 0.177 e. The van der Waals surface area contributed by atoms with Crippen LogP contribution in [0.5, 0.6) is 0 Å². The lowest BCUT2D eigenvalue weighted by Gasteiger charge is -2.30. The number of aliphatic imine (C=N–C) groups is 2. The van der Waals surface area contributed by atoms with Gasteiger partial charge < -0.3 is 9.88 Å². The van der Waals surface area contributed by atoms with Crippen LogP contribution in [0.1, 0.15) is 38.1 Å². The van der Waals surface area contributed by atoms with Crippen molar-refractivity contribution in [2.24, 2.45) is 9.98 Å². The summed E-state index contributed by atoms with van der Waals surface area (Å²) in [6.45, 7) is 6.97. The van der Waals surface area contributed by atoms with E-state index in [2.05, 4.69) is 43.6 Å². The lowest BCUT2D eigenvalue weighted by molar-refractivity contribution is 0.319. The number of allylic oxidation sites excluding steroid dienone is 2. The van der Waals surface area contributed by atoms with Crippen molar-refractivity contribution >= 4 is 23.1 Å². The Bertz CT molecular complexity index is 1370. The molecule has 3 aromatic rings. The zero-order valence-electron chi connectivity index (χ0n) is 17.9. The maximum absolute atomic E-state index is 5.01. The summed E-state index contributed by atoms with van der Waals surface area (Å²) in [5, 5.41) is 3.40. The van der Waals surface area contributed by atoms with Gasteiger partial charge in [-0.2, -0.15) is 0 Å². The van der Waals surface area contributed by atoms with E-state index in [0.29, 0.717) is 18.4 Å². The lowest BCUT2D eigenvalue weighted by Crippen LogP contribution is -2.32. The Kier molecular flexibility index (Phi) is 4.35. The summed E-state index contributed by atoms with van der Waals surface area (Å²) in [6.07, 6.45) is 11.0. The van der Waals surface area contributed by atoms with Crippen LogP contribution in [0.15, 0.2) is 81.8 Å². The van der Waals surface area contributed by atoms with Crippen molar-refractivity contribution in [2.45, 2.75) is 32.2 Å². The van der Waals surface area contributed by atoms with Crippen LogP contribution >= 0.6 is 0 Å². The van der Waals surface area contributed by atoms with Gasteiger partial charge in [0.1, 0.15) is 0 Å². The van der Waals surface area contributed by atoms with Gasteiger partial charge in [-0.05, 0) is 56.0 Å². The highest BCUT2D eigenvalue weighted by Gasteiger charge is 2.29. The van der Waals surface area contributed by atoms with Crippen LogP contribution in [0, 0.1) is 0 Å². The van der Waals surface area contributed by atoms with Crippen molar-refractivity contribution < 1.29 is 0 Å². The van der Waals surface area contributed by atoms with Crippen LogP contribution in [0.3, 0.4) is 0 Å². The average Bonchev–Trinajstić information content (AvgIpc) is 3.44. The summed E-state index contributed by atoms with van der Waals surface area (Å²) >= 11 is 0. The first-order valence-corrected chi connectivity index (χ1v) is 10.9. The maximum atomic E-state index is 5.01. The predicted molar refractivity (Wildman–Crippen MR) is 127 cm³/mol. The second-order valence-corrected chi connectivity index (χ2v) is 8.36. The minimum absolute atomic E-state index is 0.405. The molecule has 3 aliphatic rings. The highest BCUT2D eigenvalue weighted by molar-refractivity contribution is 6.03. The summed E-state index contributed by atoms with van der Waals surface area (Å²) in [5.41, 5.74) is 6.83. The van der Waals surface area contributed by atoms with Crippen molar-refractivity contribution in [3.63, 3.8) is 0 Å². The number of fused-ring (bicyclic) bond motifs is 1. The molecule has 2 aliphatic heterocycles. The number of benzene rings is 1. The summed E-state index contributed by atoms with van der Waals surface area (Å²) < 4.78 is 2.33. The first kappa shape index (κ1) is 18.9. The highest BCUT2D eigenvalue weighted by atomic mass is 15.2. The quantitative estimate of drug-likeness (QED) is 0.678. The normalized spacial score (nSPS) is 18.6. The van der Waals surface area contributed by atoms with Gasteiger partial charge in [0.15, 0.2) is 17.5 Å². The number of nitrogens with one attached hydrogen (secondary N) is 1. The topological polar surface area (TPSA) is 80.4 Å². The van der Waals surface area contributed by atoms with Crippen molar-refractivity contribution in [3.8, 4) is 11.4 Å². The zero-order chi connectivity index (χ0) is 21.7. The van der Waals surface area contributed by atoms with Gasteiger partial charge in [-0.3, -0.25) is 4.99 Å². The van der Waals surface area contributed by atoms with Gasteiger partial charge >= 0.3 is 0 Å². The molecule has 1 aliphatic carbocycles. The van der Waals surface area contributed by atoms with Gasteiger partial charge in [-0.25, -0.2) is 19.9 Å². The van der Waals surface area contributed by atoms with Crippen molar-refractivity contribution in [1.29, 1.82) is 0 Å². The molecule has 0 spiro atoms. The number of amidine groups is 1. The Morgan fingerprint density at radius 3 is 2.72 bits per heavy atom. The second kappa shape index (κ2) is 7.37. The molecule has 0 atom stereocenters. The van der Waals surface area contributed by atoms with Gasteiger partial charge in [-0.15, -0.1) is 0 Å². The van der Waals surface area contributed by atoms with Crippen LogP contribution in [-0.4, -0.2) is 38.1 Å². The number of rotatable bonds is 4. The first-order chi connectivity index (χ1) is 15.7. The van der Waals surface area contributed by atoms with Gasteiger partial charge in [0, 0.05) is 41.5 Å². The van der Waals surface area contributed by atoms with Gasteiger partial charge in [0.05, 0.1) is 23.3 Å². The molecule has 0 bridgehead atoms. The van der Waals surface area contributed by atoms with Crippen LogP contribution in [0.25, 0.3) is 22.4 Å². The SMILES string of the molecule is C=C1NC(c2nc3ccc(-c4ncccn4)cc3n2C2CCC2)=NC(C2=CCN=C2)=C1C. The smallest absolute Gasteiger partial charge is 0.177 e. The molecule has 0 unspecified atom stereocenters. The molecular formula is C25H23N7. The fourth-order valence-electron chi connectivity index (χ4n) is 4.36. The van der Waals surface area contributed by atoms with E-state index in [1.165, 1.54) is 6.42 Å². The minimum atomic E-state index is 0.405. The molecule has 6 rings (SSSR count). The second-order valence-electron chi connectivity index (χ2n) is 8.36. The van der Waals surface area contributed by atoms with Crippen LogP contribution in [-0.2, 0) is 0 Å². The molecule has 32 heavy (non-hydrogen) atoms. The summed E-state index contributed by atoms with van der Waals surface area (Å²) in [6, 6.07) is 8.46. The van der Waals surface area contributed by atoms with E-state index in [4.69, 9.17) is 9.98 Å². The molecule has 1 fully saturated rings. The van der Waals surface area contributed by atoms with E-state index in [9.17, 15) is 0 Å². The molecule has 7 nitrogen and oxygen atoms in total. The van der Waals surface area contributed by atoms with E-state index in [1.807, 2.05) is 31.3 Å². The number of hydrogen-bond acceptors (Lipinski definition) is 6. The standard InChI is InChI=1S/C25H23N7/c1-15-16(2)29-24(31-22(15)18-9-12-26-14-18)25-30-20-8-7-17(23-27-10-4-11-28-23)13-21(20)32(25)19-5-3-6-19/h4,7-11,13-14,19H,2-3,5-6,12H2,1H3,(H,29,31). The molecule has 7 heteroatoms. The van der Waals surface area contributed by atoms with Crippen LogP contribution < -0.4 is 5.32 Å². The Morgan fingerprint density at radius 2 is 2.00 bits per heavy atom. The largest absolute Gasteiger partial charge is 0.337 e. The molecule has 2 aromatic heterocycles. The lowest BCUT2D eigenvalue weighted by atomic mass is 9.92. The number of aromatic nitrogens is 4. The van der Waals surface area contributed by atoms with E-state index in [-0.39, 0.29) is 0 Å². The Hall–Kier alpha value is -3.87. The van der Waals surface area contributed by atoms with Crippen LogP contribution in [0.4, 0.5) is 0 Å². The Labute approximate surface area is 186 Å². The zero-order valence-corrected chi connectivity index (χ0v) is 17.9. The van der Waals surface area contributed by atoms with E-state index >= 15 is 0 Å². The number of hydrogen-bond donors (Lipinski definition) is 1. The van der Waals surface area contributed by atoms with Gasteiger partial charge in [-0.1, -0.05) is 12.7 Å². The van der Waals surface area contributed by atoms with E-state index in [1.54, 1.807) is 12.4 Å². The van der Waals surface area contributed by atoms with Gasteiger partial charge in [0.25, 0.3) is 0 Å². The van der Waals surface area contributed by atoms with Crippen molar-refractivity contribution in [1.82, 2.24) is 24.8 Å². The summed E-state index contributed by atoms with van der Waals surface area (Å²) in [7, 11) is 0. The number of nitrogens with zero attached hydrogens (tertiary/aromatic N) is 6. The minimum Gasteiger partial charge on any atom is -0.337 e. The molecule has 1 saturated carbocycles. The molecule has 1 aromatic carbocycles. The Balaban J connectivity index is 1.52. The Morgan fingerprint density at radius 1 is 1.16 bits per heavy atom. The fourth-order valence-corrected chi connectivity index (χ4v) is 4.36. The highest BCUT2D eigenvalue weighted by Crippen LogP contribution is 2.37.